The first kappa shape index (κ1) is 20.7. The molecule has 0 saturated heterocycles. The van der Waals surface area contributed by atoms with Crippen molar-refractivity contribution < 1.29 is 14.3 Å². The summed E-state index contributed by atoms with van der Waals surface area (Å²) in [6.07, 6.45) is 0. The molecule has 126 valence electrons. The second-order valence-electron chi connectivity index (χ2n) is 4.80. The van der Waals surface area contributed by atoms with Gasteiger partial charge in [0.15, 0.2) is 0 Å². The van der Waals surface area contributed by atoms with E-state index in [1.165, 1.54) is 0 Å². The summed E-state index contributed by atoms with van der Waals surface area (Å²) in [7, 11) is 3.29. The van der Waals surface area contributed by atoms with Gasteiger partial charge < -0.3 is 19.7 Å². The van der Waals surface area contributed by atoms with Crippen LogP contribution in [0.3, 0.4) is 0 Å². The Labute approximate surface area is 139 Å². The highest BCUT2D eigenvalue weighted by molar-refractivity contribution is 5.85. The Morgan fingerprint density at radius 1 is 1.36 bits per heavy atom. The van der Waals surface area contributed by atoms with Crippen molar-refractivity contribution in [2.45, 2.75) is 19.9 Å². The lowest BCUT2D eigenvalue weighted by atomic mass is 10.1. The Morgan fingerprint density at radius 3 is 2.68 bits per heavy atom. The minimum atomic E-state index is 0. The fourth-order valence-electron chi connectivity index (χ4n) is 2.22. The van der Waals surface area contributed by atoms with Crippen LogP contribution in [0.15, 0.2) is 24.3 Å². The van der Waals surface area contributed by atoms with Crippen LogP contribution in [0.1, 0.15) is 25.5 Å². The molecule has 1 N–H and O–H groups in total. The molecule has 1 rings (SSSR count). The summed E-state index contributed by atoms with van der Waals surface area (Å²) in [5.74, 6) is 0.894. The first-order chi connectivity index (χ1) is 10.1. The lowest BCUT2D eigenvalue weighted by molar-refractivity contribution is -0.132. The average Bonchev–Trinajstić information content (AvgIpc) is 2.52. The predicted octanol–water partition coefficient (Wildman–Crippen LogP) is 2.26. The Balaban J connectivity index is 0.00000441. The monoisotopic (exact) mass is 330 g/mol. The van der Waals surface area contributed by atoms with Crippen LogP contribution in [-0.4, -0.2) is 51.3 Å². The predicted molar refractivity (Wildman–Crippen MR) is 90.8 cm³/mol. The van der Waals surface area contributed by atoms with Crippen LogP contribution in [-0.2, 0) is 9.53 Å². The van der Waals surface area contributed by atoms with Crippen LogP contribution in [0.25, 0.3) is 0 Å². The third kappa shape index (κ3) is 6.22. The summed E-state index contributed by atoms with van der Waals surface area (Å²) in [6, 6.07) is 7.85. The van der Waals surface area contributed by atoms with E-state index in [-0.39, 0.29) is 24.4 Å². The first-order valence-electron chi connectivity index (χ1n) is 7.27. The third-order valence-electron chi connectivity index (χ3n) is 3.46. The molecule has 1 unspecified atom stereocenters. The number of carbonyl (C=O) groups is 1. The number of methoxy groups -OCH3 is 2. The fourth-order valence-corrected chi connectivity index (χ4v) is 2.22. The highest BCUT2D eigenvalue weighted by Gasteiger charge is 2.19. The van der Waals surface area contributed by atoms with Crippen LogP contribution in [0.2, 0.25) is 0 Å². The molecule has 0 aliphatic heterocycles. The van der Waals surface area contributed by atoms with E-state index in [9.17, 15) is 4.79 Å². The van der Waals surface area contributed by atoms with Crippen LogP contribution in [0, 0.1) is 0 Å². The van der Waals surface area contributed by atoms with E-state index in [4.69, 9.17) is 9.47 Å². The second kappa shape index (κ2) is 11.3. The molecule has 0 spiro atoms. The molecule has 22 heavy (non-hydrogen) atoms. The summed E-state index contributed by atoms with van der Waals surface area (Å²) < 4.78 is 10.2. The highest BCUT2D eigenvalue weighted by atomic mass is 35.5. The number of hydrogen-bond donors (Lipinski definition) is 1. The topological polar surface area (TPSA) is 50.8 Å². The van der Waals surface area contributed by atoms with Gasteiger partial charge in [0.05, 0.1) is 26.3 Å². The van der Waals surface area contributed by atoms with Crippen molar-refractivity contribution in [2.75, 3.05) is 40.5 Å². The Morgan fingerprint density at radius 2 is 2.09 bits per heavy atom. The summed E-state index contributed by atoms with van der Waals surface area (Å²) in [5.41, 5.74) is 1.07. The number of ether oxygens (including phenoxy) is 2. The van der Waals surface area contributed by atoms with Gasteiger partial charge in [-0.1, -0.05) is 12.1 Å². The molecule has 1 aromatic carbocycles. The van der Waals surface area contributed by atoms with Gasteiger partial charge in [-0.25, -0.2) is 0 Å². The second-order valence-corrected chi connectivity index (χ2v) is 4.80. The molecule has 0 aromatic heterocycles. The third-order valence-corrected chi connectivity index (χ3v) is 3.46. The van der Waals surface area contributed by atoms with Gasteiger partial charge in [-0.05, 0) is 31.5 Å². The molecule has 6 heteroatoms. The summed E-state index contributed by atoms with van der Waals surface area (Å²) in [6.45, 7) is 6.29. The number of halogens is 1. The Kier molecular flexibility index (Phi) is 10.6. The SMILES string of the molecule is CCN(C(=O)CNCCOC)C(C)c1cccc(OC)c1.Cl. The largest absolute Gasteiger partial charge is 0.497 e. The minimum Gasteiger partial charge on any atom is -0.497 e. The Hall–Kier alpha value is -1.30. The number of rotatable bonds is 9. The molecule has 0 fully saturated rings. The van der Waals surface area contributed by atoms with Gasteiger partial charge >= 0.3 is 0 Å². The molecular formula is C16H27ClN2O3. The van der Waals surface area contributed by atoms with E-state index in [0.29, 0.717) is 26.2 Å². The van der Waals surface area contributed by atoms with Crippen LogP contribution < -0.4 is 10.1 Å². The van der Waals surface area contributed by atoms with Crippen LogP contribution >= 0.6 is 12.4 Å². The van der Waals surface area contributed by atoms with Crippen molar-refractivity contribution in [1.82, 2.24) is 10.2 Å². The van der Waals surface area contributed by atoms with E-state index >= 15 is 0 Å². The van der Waals surface area contributed by atoms with Gasteiger partial charge in [-0.3, -0.25) is 4.79 Å². The van der Waals surface area contributed by atoms with Gasteiger partial charge in [0.1, 0.15) is 5.75 Å². The highest BCUT2D eigenvalue weighted by Crippen LogP contribution is 2.23. The molecule has 0 aliphatic carbocycles. The molecule has 0 radical (unpaired) electrons. The van der Waals surface area contributed by atoms with E-state index in [1.54, 1.807) is 14.2 Å². The van der Waals surface area contributed by atoms with Crippen molar-refractivity contribution in [3.8, 4) is 5.75 Å². The van der Waals surface area contributed by atoms with Crippen LogP contribution in [0.4, 0.5) is 0 Å². The minimum absolute atomic E-state index is 0. The van der Waals surface area contributed by atoms with E-state index in [1.807, 2.05) is 43.0 Å². The zero-order valence-electron chi connectivity index (χ0n) is 13.8. The maximum Gasteiger partial charge on any atom is 0.237 e. The van der Waals surface area contributed by atoms with Gasteiger partial charge in [0, 0.05) is 20.2 Å². The number of hydrogen-bond acceptors (Lipinski definition) is 4. The molecule has 0 saturated carbocycles. The first-order valence-corrected chi connectivity index (χ1v) is 7.27. The number of amides is 1. The molecule has 1 amide bonds. The summed E-state index contributed by atoms with van der Waals surface area (Å²) in [5, 5.41) is 3.09. The number of benzene rings is 1. The molecule has 0 aliphatic rings. The standard InChI is InChI=1S/C16H26N2O3.ClH/c1-5-18(16(19)12-17-9-10-20-3)13(2)14-7-6-8-15(11-14)21-4;/h6-8,11,13,17H,5,9-10,12H2,1-4H3;1H. The summed E-state index contributed by atoms with van der Waals surface area (Å²) >= 11 is 0. The van der Waals surface area contributed by atoms with E-state index in [2.05, 4.69) is 5.32 Å². The number of nitrogens with one attached hydrogen (secondary N) is 1. The zero-order chi connectivity index (χ0) is 15.7. The van der Waals surface area contributed by atoms with Gasteiger partial charge in [-0.2, -0.15) is 0 Å². The lowest BCUT2D eigenvalue weighted by Gasteiger charge is -2.29. The zero-order valence-corrected chi connectivity index (χ0v) is 14.6. The Bertz CT molecular complexity index is 443. The van der Waals surface area contributed by atoms with Crippen molar-refractivity contribution in [3.63, 3.8) is 0 Å². The van der Waals surface area contributed by atoms with Crippen molar-refractivity contribution in [2.24, 2.45) is 0 Å². The maximum absolute atomic E-state index is 12.3. The van der Waals surface area contributed by atoms with Crippen LogP contribution in [0.5, 0.6) is 5.75 Å². The fraction of sp³-hybridized carbons (Fsp3) is 0.562. The van der Waals surface area contributed by atoms with Crippen molar-refractivity contribution in [1.29, 1.82) is 0 Å². The molecular weight excluding hydrogens is 304 g/mol. The number of carbonyl (C=O) groups excluding carboxylic acids is 1. The molecule has 1 aromatic rings. The number of nitrogens with zero attached hydrogens (tertiary/aromatic N) is 1. The van der Waals surface area contributed by atoms with Crippen molar-refractivity contribution >= 4 is 18.3 Å². The quantitative estimate of drug-likeness (QED) is 0.706. The lowest BCUT2D eigenvalue weighted by Crippen LogP contribution is -2.40. The summed E-state index contributed by atoms with van der Waals surface area (Å²) in [4.78, 5) is 14.2. The van der Waals surface area contributed by atoms with E-state index < -0.39 is 0 Å². The number of likely N-dealkylation sites (N-methyl/N-ethyl adjacent to an activating group) is 1. The van der Waals surface area contributed by atoms with E-state index in [0.717, 1.165) is 11.3 Å². The van der Waals surface area contributed by atoms with Gasteiger partial charge in [0.25, 0.3) is 0 Å². The molecule has 5 nitrogen and oxygen atoms in total. The smallest absolute Gasteiger partial charge is 0.237 e. The van der Waals surface area contributed by atoms with Gasteiger partial charge in [0.2, 0.25) is 5.91 Å². The van der Waals surface area contributed by atoms with Gasteiger partial charge in [-0.15, -0.1) is 12.4 Å². The molecule has 0 bridgehead atoms. The molecule has 0 heterocycles. The molecule has 1 atom stereocenters. The maximum atomic E-state index is 12.3. The normalized spacial score (nSPS) is 11.5. The van der Waals surface area contributed by atoms with Crippen molar-refractivity contribution in [3.05, 3.63) is 29.8 Å². The average molecular weight is 331 g/mol.